The van der Waals surface area contributed by atoms with Gasteiger partial charge in [0.1, 0.15) is 6.61 Å². The first-order valence-electron chi connectivity index (χ1n) is 8.25. The molecule has 1 unspecified atom stereocenters. The number of hydrogen-bond acceptors (Lipinski definition) is 4. The van der Waals surface area contributed by atoms with Crippen LogP contribution in [0.5, 0.6) is 11.5 Å². The number of likely N-dealkylation sites (tertiary alicyclic amines) is 1. The minimum Gasteiger partial charge on any atom is -0.493 e. The normalized spacial score (nSPS) is 20.2. The van der Waals surface area contributed by atoms with Gasteiger partial charge in [0, 0.05) is 0 Å². The lowest BCUT2D eigenvalue weighted by Crippen LogP contribution is -3.15. The number of nitrogens with one attached hydrogen (secondary N) is 2. The molecule has 1 fully saturated rings. The smallest absolute Gasteiger partial charge is 0.275 e. The van der Waals surface area contributed by atoms with Crippen molar-refractivity contribution in [1.29, 1.82) is 0 Å². The number of piperidine rings is 1. The second-order valence-corrected chi connectivity index (χ2v) is 5.97. The second kappa shape index (κ2) is 9.12. The Balaban J connectivity index is 1.67. The molecule has 1 saturated heterocycles. The molecule has 1 aliphatic rings. The molecule has 0 bridgehead atoms. The van der Waals surface area contributed by atoms with E-state index in [9.17, 15) is 9.59 Å². The van der Waals surface area contributed by atoms with Crippen LogP contribution in [-0.2, 0) is 9.59 Å². The van der Waals surface area contributed by atoms with Gasteiger partial charge in [-0.3, -0.25) is 9.59 Å². The first kappa shape index (κ1) is 18.1. The molecule has 132 valence electrons. The Labute approximate surface area is 142 Å². The summed E-state index contributed by atoms with van der Waals surface area (Å²) in [4.78, 5) is 24.4. The minimum atomic E-state index is -0.266. The Morgan fingerprint density at radius 3 is 2.79 bits per heavy atom. The van der Waals surface area contributed by atoms with E-state index in [1.807, 2.05) is 24.3 Å². The van der Waals surface area contributed by atoms with Crippen LogP contribution < -0.4 is 25.4 Å². The maximum atomic E-state index is 12.0. The molecule has 2 rings (SSSR count). The molecule has 0 aliphatic carbocycles. The van der Waals surface area contributed by atoms with Crippen molar-refractivity contribution in [3.63, 3.8) is 0 Å². The van der Waals surface area contributed by atoms with Crippen LogP contribution in [0.1, 0.15) is 12.8 Å². The third kappa shape index (κ3) is 5.42. The lowest BCUT2D eigenvalue weighted by molar-refractivity contribution is -0.899. The lowest BCUT2D eigenvalue weighted by Gasteiger charge is -2.27. The molecular formula is C17H26N3O4+. The van der Waals surface area contributed by atoms with Gasteiger partial charge in [-0.25, -0.2) is 0 Å². The van der Waals surface area contributed by atoms with Crippen molar-refractivity contribution in [2.75, 3.05) is 39.9 Å². The second-order valence-electron chi connectivity index (χ2n) is 5.97. The predicted molar refractivity (Wildman–Crippen MR) is 89.0 cm³/mol. The molecule has 0 aromatic heterocycles. The summed E-state index contributed by atoms with van der Waals surface area (Å²) in [6, 6.07) is 7.38. The number of ether oxygens (including phenoxy) is 2. The van der Waals surface area contributed by atoms with Crippen molar-refractivity contribution < 1.29 is 24.0 Å². The topological polar surface area (TPSA) is 95.1 Å². The zero-order chi connectivity index (χ0) is 17.4. The van der Waals surface area contributed by atoms with Crippen molar-refractivity contribution in [2.24, 2.45) is 11.7 Å². The maximum absolute atomic E-state index is 12.0. The SMILES string of the molecule is COc1ccccc1OCCNC(=O)C[NH+]1CCC[C@@H](C(N)=O)C1. The van der Waals surface area contributed by atoms with E-state index >= 15 is 0 Å². The van der Waals surface area contributed by atoms with E-state index < -0.39 is 0 Å². The van der Waals surface area contributed by atoms with E-state index in [1.54, 1.807) is 7.11 Å². The lowest BCUT2D eigenvalue weighted by atomic mass is 9.97. The number of quaternary nitrogens is 1. The molecule has 1 aliphatic heterocycles. The van der Waals surface area contributed by atoms with Crippen LogP contribution in [-0.4, -0.2) is 51.7 Å². The highest BCUT2D eigenvalue weighted by atomic mass is 16.5. The summed E-state index contributed by atoms with van der Waals surface area (Å²) < 4.78 is 10.8. The van der Waals surface area contributed by atoms with Crippen LogP contribution in [0, 0.1) is 5.92 Å². The Hall–Kier alpha value is -2.28. The van der Waals surface area contributed by atoms with Crippen molar-refractivity contribution >= 4 is 11.8 Å². The quantitative estimate of drug-likeness (QED) is 0.529. The molecule has 0 spiro atoms. The Morgan fingerprint density at radius 2 is 2.08 bits per heavy atom. The first-order valence-corrected chi connectivity index (χ1v) is 8.25. The van der Waals surface area contributed by atoms with Gasteiger partial charge in [-0.15, -0.1) is 0 Å². The number of rotatable bonds is 8. The van der Waals surface area contributed by atoms with Crippen LogP contribution in [0.25, 0.3) is 0 Å². The fourth-order valence-corrected chi connectivity index (χ4v) is 2.93. The zero-order valence-electron chi connectivity index (χ0n) is 14.0. The van der Waals surface area contributed by atoms with E-state index in [0.29, 0.717) is 37.7 Å². The predicted octanol–water partition coefficient (Wildman–Crippen LogP) is -1.03. The third-order valence-corrected chi connectivity index (χ3v) is 4.18. The molecule has 7 nitrogen and oxygen atoms in total. The van der Waals surface area contributed by atoms with Gasteiger partial charge in [-0.2, -0.15) is 0 Å². The van der Waals surface area contributed by atoms with Gasteiger partial charge in [0.25, 0.3) is 5.91 Å². The highest BCUT2D eigenvalue weighted by Gasteiger charge is 2.28. The molecule has 0 saturated carbocycles. The van der Waals surface area contributed by atoms with Crippen LogP contribution in [0.2, 0.25) is 0 Å². The molecule has 2 atom stereocenters. The van der Waals surface area contributed by atoms with Gasteiger partial charge >= 0.3 is 0 Å². The number of nitrogens with two attached hydrogens (primary N) is 1. The van der Waals surface area contributed by atoms with Gasteiger partial charge in [0.15, 0.2) is 18.0 Å². The first-order chi connectivity index (χ1) is 11.6. The number of methoxy groups -OCH3 is 1. The fraction of sp³-hybridized carbons (Fsp3) is 0.529. The fourth-order valence-electron chi connectivity index (χ4n) is 2.93. The number of para-hydroxylation sites is 2. The van der Waals surface area contributed by atoms with E-state index in [2.05, 4.69) is 5.32 Å². The third-order valence-electron chi connectivity index (χ3n) is 4.18. The Morgan fingerprint density at radius 1 is 1.33 bits per heavy atom. The van der Waals surface area contributed by atoms with Gasteiger partial charge in [-0.1, -0.05) is 12.1 Å². The Bertz CT molecular complexity index is 565. The summed E-state index contributed by atoms with van der Waals surface area (Å²) in [5.41, 5.74) is 5.36. The number of benzene rings is 1. The van der Waals surface area contributed by atoms with Crippen molar-refractivity contribution in [3.05, 3.63) is 24.3 Å². The molecule has 4 N–H and O–H groups in total. The summed E-state index contributed by atoms with van der Waals surface area (Å²) in [5, 5.41) is 2.84. The number of primary amides is 1. The number of carbonyl (C=O) groups is 2. The number of amides is 2. The summed E-state index contributed by atoms with van der Waals surface area (Å²) in [6.07, 6.45) is 1.75. The molecular weight excluding hydrogens is 310 g/mol. The zero-order valence-corrected chi connectivity index (χ0v) is 14.0. The molecule has 24 heavy (non-hydrogen) atoms. The van der Waals surface area contributed by atoms with Crippen LogP contribution in [0.15, 0.2) is 24.3 Å². The van der Waals surface area contributed by atoms with Gasteiger partial charge in [-0.05, 0) is 25.0 Å². The minimum absolute atomic E-state index is 0.0428. The summed E-state index contributed by atoms with van der Waals surface area (Å²) in [7, 11) is 1.59. The van der Waals surface area contributed by atoms with E-state index in [1.165, 1.54) is 0 Å². The monoisotopic (exact) mass is 336 g/mol. The van der Waals surface area contributed by atoms with Gasteiger partial charge in [0.05, 0.1) is 32.7 Å². The summed E-state index contributed by atoms with van der Waals surface area (Å²) >= 11 is 0. The van der Waals surface area contributed by atoms with Gasteiger partial charge in [0.2, 0.25) is 5.91 Å². The Kier molecular flexibility index (Phi) is 6.87. The van der Waals surface area contributed by atoms with Gasteiger partial charge < -0.3 is 25.4 Å². The summed E-state index contributed by atoms with van der Waals surface area (Å²) in [5.74, 6) is 0.895. The molecule has 0 radical (unpaired) electrons. The van der Waals surface area contributed by atoms with Crippen LogP contribution >= 0.6 is 0 Å². The molecule has 7 heteroatoms. The molecule has 1 aromatic carbocycles. The van der Waals surface area contributed by atoms with Crippen molar-refractivity contribution in [2.45, 2.75) is 12.8 Å². The molecule has 2 amide bonds. The van der Waals surface area contributed by atoms with E-state index in [-0.39, 0.29) is 17.7 Å². The number of hydrogen-bond donors (Lipinski definition) is 3. The highest BCUT2D eigenvalue weighted by Crippen LogP contribution is 2.25. The van der Waals surface area contributed by atoms with E-state index in [4.69, 9.17) is 15.2 Å². The van der Waals surface area contributed by atoms with Crippen LogP contribution in [0.4, 0.5) is 0 Å². The highest BCUT2D eigenvalue weighted by molar-refractivity contribution is 5.77. The van der Waals surface area contributed by atoms with E-state index in [0.717, 1.165) is 24.3 Å². The van der Waals surface area contributed by atoms with Crippen molar-refractivity contribution in [1.82, 2.24) is 5.32 Å². The average molecular weight is 336 g/mol. The standard InChI is InChI=1S/C17H25N3O4/c1-23-14-6-2-3-7-15(14)24-10-8-19-16(21)12-20-9-4-5-13(11-20)17(18)22/h2-3,6-7,13H,4-5,8-12H2,1H3,(H2,18,22)(H,19,21)/p+1/t13-/m1/s1. The summed E-state index contributed by atoms with van der Waals surface area (Å²) in [6.45, 7) is 2.68. The molecule has 1 aromatic rings. The average Bonchev–Trinajstić information content (AvgIpc) is 2.59. The molecule has 1 heterocycles. The largest absolute Gasteiger partial charge is 0.493 e. The number of carbonyl (C=O) groups excluding carboxylic acids is 2. The van der Waals surface area contributed by atoms with Crippen molar-refractivity contribution in [3.8, 4) is 11.5 Å². The maximum Gasteiger partial charge on any atom is 0.275 e. The van der Waals surface area contributed by atoms with Crippen LogP contribution in [0.3, 0.4) is 0 Å².